The summed E-state index contributed by atoms with van der Waals surface area (Å²) in [5, 5.41) is 3.96. The van der Waals surface area contributed by atoms with Gasteiger partial charge in [0.25, 0.3) is 5.91 Å². The van der Waals surface area contributed by atoms with E-state index in [2.05, 4.69) is 20.0 Å². The molecular weight excluding hydrogens is 513 g/mol. The number of carbonyl (C=O) groups excluding carboxylic acids is 1. The Bertz CT molecular complexity index is 1520. The van der Waals surface area contributed by atoms with Crippen LogP contribution in [0.4, 0.5) is 13.2 Å². The van der Waals surface area contributed by atoms with Crippen molar-refractivity contribution in [1.82, 2.24) is 29.4 Å². The Balaban J connectivity index is 1.46. The molecule has 0 bridgehead atoms. The normalized spacial score (nSPS) is 15.6. The molecule has 206 valence electrons. The number of amides is 1. The maximum atomic E-state index is 14.2. The first kappa shape index (κ1) is 26.7. The fourth-order valence-electron chi connectivity index (χ4n) is 5.17. The number of nitrogens with zero attached hydrogens (tertiary/aromatic N) is 6. The van der Waals surface area contributed by atoms with Crippen LogP contribution in [0.25, 0.3) is 16.9 Å². The number of halogens is 3. The molecule has 0 unspecified atom stereocenters. The lowest BCUT2D eigenvalue weighted by atomic mass is 10.0. The molecule has 0 N–H and O–H groups in total. The van der Waals surface area contributed by atoms with Gasteiger partial charge in [-0.1, -0.05) is 0 Å². The van der Waals surface area contributed by atoms with Gasteiger partial charge in [0.05, 0.1) is 30.7 Å². The fraction of sp³-hybridized carbons (Fsp3) is 0.407. The van der Waals surface area contributed by atoms with Gasteiger partial charge in [0.15, 0.2) is 17.2 Å². The van der Waals surface area contributed by atoms with Crippen molar-refractivity contribution in [2.45, 2.75) is 39.9 Å². The number of piperazine rings is 1. The maximum Gasteiger partial charge on any atom is 0.433 e. The first-order valence-corrected chi connectivity index (χ1v) is 12.6. The average molecular weight is 543 g/mol. The second-order valence-corrected chi connectivity index (χ2v) is 9.64. The van der Waals surface area contributed by atoms with E-state index in [0.29, 0.717) is 43.4 Å². The quantitative estimate of drug-likeness (QED) is 0.356. The highest BCUT2D eigenvalue weighted by Gasteiger charge is 2.39. The molecule has 4 heterocycles. The van der Waals surface area contributed by atoms with Crippen LogP contribution in [0.2, 0.25) is 0 Å². The van der Waals surface area contributed by atoms with Crippen molar-refractivity contribution in [2.75, 3.05) is 33.3 Å². The largest absolute Gasteiger partial charge is 0.497 e. The molecule has 3 aromatic heterocycles. The minimum atomic E-state index is -4.71. The van der Waals surface area contributed by atoms with E-state index >= 15 is 0 Å². The Morgan fingerprint density at radius 3 is 2.28 bits per heavy atom. The number of aromatic nitrogens is 4. The van der Waals surface area contributed by atoms with Crippen molar-refractivity contribution < 1.29 is 27.1 Å². The van der Waals surface area contributed by atoms with E-state index in [9.17, 15) is 18.0 Å². The number of hydrogen-bond donors (Lipinski definition) is 0. The molecule has 12 heteroatoms. The summed E-state index contributed by atoms with van der Waals surface area (Å²) in [7, 11) is 1.51. The monoisotopic (exact) mass is 542 g/mol. The van der Waals surface area contributed by atoms with Crippen LogP contribution in [0.1, 0.15) is 51.9 Å². The summed E-state index contributed by atoms with van der Waals surface area (Å²) < 4.78 is 54.3. The Morgan fingerprint density at radius 2 is 1.72 bits per heavy atom. The molecule has 9 nitrogen and oxygen atoms in total. The van der Waals surface area contributed by atoms with Crippen molar-refractivity contribution in [3.8, 4) is 17.0 Å². The number of carbonyl (C=O) groups is 1. The molecule has 4 aromatic rings. The number of alkyl halides is 3. The van der Waals surface area contributed by atoms with Crippen molar-refractivity contribution >= 4 is 11.6 Å². The molecule has 1 aromatic carbocycles. The van der Waals surface area contributed by atoms with Crippen molar-refractivity contribution in [3.05, 3.63) is 64.6 Å². The number of hydrogen-bond acceptors (Lipinski definition) is 7. The zero-order valence-electron chi connectivity index (χ0n) is 22.3. The summed E-state index contributed by atoms with van der Waals surface area (Å²) >= 11 is 0. The van der Waals surface area contributed by atoms with E-state index in [1.807, 2.05) is 13.8 Å². The molecule has 5 rings (SSSR count). The second-order valence-electron chi connectivity index (χ2n) is 9.64. The molecular formula is C27H29F3N6O3. The molecule has 39 heavy (non-hydrogen) atoms. The van der Waals surface area contributed by atoms with Gasteiger partial charge in [-0.25, -0.2) is 14.5 Å². The number of aryl methyl sites for hydroxylation is 2. The fourth-order valence-corrected chi connectivity index (χ4v) is 5.17. The molecule has 1 aliphatic rings. The van der Waals surface area contributed by atoms with Gasteiger partial charge in [-0.3, -0.25) is 9.69 Å². The van der Waals surface area contributed by atoms with Crippen LogP contribution in [0, 0.1) is 20.8 Å². The van der Waals surface area contributed by atoms with E-state index in [4.69, 9.17) is 9.15 Å². The lowest BCUT2D eigenvalue weighted by Crippen LogP contribution is -2.49. The Kier molecular flexibility index (Phi) is 6.83. The molecule has 1 saturated heterocycles. The summed E-state index contributed by atoms with van der Waals surface area (Å²) in [6.45, 7) is 9.03. The number of methoxy groups -OCH3 is 1. The highest BCUT2D eigenvalue weighted by molar-refractivity contribution is 6.00. The minimum absolute atomic E-state index is 0.0218. The van der Waals surface area contributed by atoms with E-state index in [1.54, 1.807) is 36.1 Å². The van der Waals surface area contributed by atoms with Crippen LogP contribution >= 0.6 is 0 Å². The molecule has 1 aliphatic heterocycles. The van der Waals surface area contributed by atoms with E-state index in [0.717, 1.165) is 16.0 Å². The van der Waals surface area contributed by atoms with Crippen molar-refractivity contribution in [1.29, 1.82) is 0 Å². The summed E-state index contributed by atoms with van der Waals surface area (Å²) in [4.78, 5) is 26.2. The summed E-state index contributed by atoms with van der Waals surface area (Å²) in [5.41, 5.74) is 0.284. The number of rotatable bonds is 5. The first-order chi connectivity index (χ1) is 18.5. The standard InChI is InChI=1S/C27H29F3N6O3/c1-15-22(19-6-8-20(38-5)9-7-19)33-25-21(14-31-36(25)24(15)27(28,29)30)26(37)35-12-10-34(11-13-35)17(3)23-16(2)32-18(4)39-23/h6-9,14,17H,10-13H2,1-5H3/t17-/m0/s1. The molecule has 0 saturated carbocycles. The molecule has 0 spiro atoms. The highest BCUT2D eigenvalue weighted by atomic mass is 19.4. The van der Waals surface area contributed by atoms with Crippen molar-refractivity contribution in [2.24, 2.45) is 0 Å². The third-order valence-corrected chi connectivity index (χ3v) is 7.21. The zero-order valence-corrected chi connectivity index (χ0v) is 22.3. The predicted molar refractivity (Wildman–Crippen MR) is 137 cm³/mol. The van der Waals surface area contributed by atoms with E-state index in [1.165, 1.54) is 20.2 Å². The third kappa shape index (κ3) is 4.84. The van der Waals surface area contributed by atoms with E-state index in [-0.39, 0.29) is 28.5 Å². The lowest BCUT2D eigenvalue weighted by Gasteiger charge is -2.37. The Morgan fingerprint density at radius 1 is 1.05 bits per heavy atom. The molecule has 1 fully saturated rings. The summed E-state index contributed by atoms with van der Waals surface area (Å²) in [6.07, 6.45) is -3.54. The van der Waals surface area contributed by atoms with Gasteiger partial charge in [-0.2, -0.15) is 18.3 Å². The SMILES string of the molecule is COc1ccc(-c2nc3c(C(=O)N4CCN([C@@H](C)c5oc(C)nc5C)CC4)cnn3c(C(F)(F)F)c2C)cc1. The van der Waals surface area contributed by atoms with Gasteiger partial charge in [0.2, 0.25) is 0 Å². The zero-order chi connectivity index (χ0) is 28.1. The Labute approximate surface area is 223 Å². The van der Waals surface area contributed by atoms with Gasteiger partial charge in [0, 0.05) is 44.2 Å². The Hall–Kier alpha value is -3.93. The lowest BCUT2D eigenvalue weighted by molar-refractivity contribution is -0.143. The minimum Gasteiger partial charge on any atom is -0.497 e. The molecule has 0 radical (unpaired) electrons. The van der Waals surface area contributed by atoms with Gasteiger partial charge in [0.1, 0.15) is 17.1 Å². The van der Waals surface area contributed by atoms with E-state index < -0.39 is 17.8 Å². The summed E-state index contributed by atoms with van der Waals surface area (Å²) in [6, 6.07) is 6.56. The smallest absolute Gasteiger partial charge is 0.433 e. The second kappa shape index (κ2) is 9.99. The van der Waals surface area contributed by atoms with Gasteiger partial charge >= 0.3 is 6.18 Å². The van der Waals surface area contributed by atoms with Gasteiger partial charge in [-0.05, 0) is 45.0 Å². The third-order valence-electron chi connectivity index (χ3n) is 7.21. The highest BCUT2D eigenvalue weighted by Crippen LogP contribution is 2.37. The molecule has 0 aliphatic carbocycles. The van der Waals surface area contributed by atoms with Crippen LogP contribution in [0.5, 0.6) is 5.75 Å². The van der Waals surface area contributed by atoms with Gasteiger partial charge < -0.3 is 14.1 Å². The van der Waals surface area contributed by atoms with Crippen molar-refractivity contribution in [3.63, 3.8) is 0 Å². The number of fused-ring (bicyclic) bond motifs is 1. The summed E-state index contributed by atoms with van der Waals surface area (Å²) in [5.74, 6) is 1.55. The number of ether oxygens (including phenoxy) is 1. The average Bonchev–Trinajstić information content (AvgIpc) is 3.48. The van der Waals surface area contributed by atoms with Crippen LogP contribution in [-0.4, -0.2) is 68.6 Å². The number of benzene rings is 1. The van der Waals surface area contributed by atoms with Crippen LogP contribution in [0.3, 0.4) is 0 Å². The molecule has 1 atom stereocenters. The predicted octanol–water partition coefficient (Wildman–Crippen LogP) is 4.86. The van der Waals surface area contributed by atoms with Crippen LogP contribution < -0.4 is 4.74 Å². The van der Waals surface area contributed by atoms with Crippen LogP contribution in [-0.2, 0) is 6.18 Å². The maximum absolute atomic E-state index is 14.2. The first-order valence-electron chi connectivity index (χ1n) is 12.6. The number of oxazole rings is 1. The van der Waals surface area contributed by atoms with Gasteiger partial charge in [-0.15, -0.1) is 0 Å². The molecule has 1 amide bonds. The van der Waals surface area contributed by atoms with Crippen LogP contribution in [0.15, 0.2) is 34.9 Å². The topological polar surface area (TPSA) is 89.0 Å².